The molecule has 3 aromatic carbocycles. The van der Waals surface area contributed by atoms with E-state index in [1.165, 1.54) is 12.1 Å². The van der Waals surface area contributed by atoms with E-state index in [1.54, 1.807) is 24.3 Å². The molecule has 1 N–H and O–H groups in total. The number of benzene rings is 3. The third kappa shape index (κ3) is 6.27. The van der Waals surface area contributed by atoms with Crippen LogP contribution in [0.2, 0.25) is 0 Å². The van der Waals surface area contributed by atoms with Gasteiger partial charge in [0.1, 0.15) is 18.1 Å². The van der Waals surface area contributed by atoms with Crippen LogP contribution in [0, 0.1) is 0 Å². The Labute approximate surface area is 165 Å². The van der Waals surface area contributed by atoms with Crippen molar-refractivity contribution in [2.45, 2.75) is 12.8 Å². The van der Waals surface area contributed by atoms with E-state index in [0.29, 0.717) is 18.1 Å². The molecule has 0 aliphatic heterocycles. The lowest BCUT2D eigenvalue weighted by Crippen LogP contribution is -2.20. The molecule has 150 valence electrons. The Hall–Kier alpha value is -3.48. The minimum Gasteiger partial charge on any atom is -0.489 e. The van der Waals surface area contributed by atoms with Crippen molar-refractivity contribution in [3.8, 4) is 11.5 Å². The molecule has 0 bridgehead atoms. The zero-order valence-corrected chi connectivity index (χ0v) is 15.3. The van der Waals surface area contributed by atoms with Crippen molar-refractivity contribution in [1.82, 2.24) is 0 Å². The first-order valence-corrected chi connectivity index (χ1v) is 8.77. The normalized spacial score (nSPS) is 11.0. The molecule has 0 saturated carbocycles. The van der Waals surface area contributed by atoms with Gasteiger partial charge in [-0.05, 0) is 48.0 Å². The van der Waals surface area contributed by atoms with Crippen molar-refractivity contribution in [3.05, 3.63) is 90.0 Å². The Morgan fingerprint density at radius 2 is 1.48 bits per heavy atom. The molecule has 3 rings (SSSR count). The Morgan fingerprint density at radius 3 is 2.14 bits per heavy atom. The monoisotopic (exact) mass is 401 g/mol. The van der Waals surface area contributed by atoms with Crippen LogP contribution >= 0.6 is 0 Å². The summed E-state index contributed by atoms with van der Waals surface area (Å²) in [4.78, 5) is 11.9. The quantitative estimate of drug-likeness (QED) is 0.584. The van der Waals surface area contributed by atoms with Crippen LogP contribution in [0.25, 0.3) is 0 Å². The van der Waals surface area contributed by atoms with Crippen LogP contribution in [-0.2, 0) is 17.6 Å². The van der Waals surface area contributed by atoms with Gasteiger partial charge in [-0.15, -0.1) is 0 Å². The number of carbonyl (C=O) groups is 1. The van der Waals surface area contributed by atoms with Gasteiger partial charge < -0.3 is 14.8 Å². The Kier molecular flexibility index (Phi) is 6.39. The topological polar surface area (TPSA) is 47.6 Å². The average Bonchev–Trinajstić information content (AvgIpc) is 2.72. The molecule has 0 saturated heterocycles. The number of halogens is 3. The molecule has 0 fully saturated rings. The molecule has 29 heavy (non-hydrogen) atoms. The maximum atomic E-state index is 12.7. The highest BCUT2D eigenvalue weighted by atomic mass is 19.4. The van der Waals surface area contributed by atoms with E-state index in [1.807, 2.05) is 30.3 Å². The molecular formula is C22H18F3NO3. The summed E-state index contributed by atoms with van der Waals surface area (Å²) in [7, 11) is 0. The molecule has 4 nitrogen and oxygen atoms in total. The Morgan fingerprint density at radius 1 is 0.828 bits per heavy atom. The second kappa shape index (κ2) is 9.14. The van der Waals surface area contributed by atoms with E-state index in [2.05, 4.69) is 5.32 Å². The lowest BCUT2D eigenvalue weighted by molar-refractivity contribution is -0.137. The largest absolute Gasteiger partial charge is 0.489 e. The van der Waals surface area contributed by atoms with Crippen molar-refractivity contribution < 1.29 is 27.4 Å². The number of ether oxygens (including phenoxy) is 2. The van der Waals surface area contributed by atoms with Crippen LogP contribution < -0.4 is 14.8 Å². The highest BCUT2D eigenvalue weighted by Crippen LogP contribution is 2.30. The molecule has 0 atom stereocenters. The lowest BCUT2D eigenvalue weighted by Gasteiger charge is -2.11. The summed E-state index contributed by atoms with van der Waals surface area (Å²) in [6.07, 6.45) is -4.47. The first kappa shape index (κ1) is 20.3. The fourth-order valence-electron chi connectivity index (χ4n) is 2.49. The van der Waals surface area contributed by atoms with E-state index >= 15 is 0 Å². The summed E-state index contributed by atoms with van der Waals surface area (Å²) >= 11 is 0. The molecule has 3 aromatic rings. The highest BCUT2D eigenvalue weighted by molar-refractivity contribution is 5.91. The van der Waals surface area contributed by atoms with Crippen LogP contribution in [0.4, 0.5) is 18.9 Å². The van der Waals surface area contributed by atoms with Crippen LogP contribution in [0.1, 0.15) is 11.1 Å². The van der Waals surface area contributed by atoms with Gasteiger partial charge in [0.25, 0.3) is 5.91 Å². The second-order valence-corrected chi connectivity index (χ2v) is 6.16. The minimum absolute atomic E-state index is 0.0538. The summed E-state index contributed by atoms with van der Waals surface area (Å²) in [5, 5.41) is 2.39. The molecule has 0 heterocycles. The number of nitrogens with one attached hydrogen (secondary N) is 1. The lowest BCUT2D eigenvalue weighted by atomic mass is 10.2. The van der Waals surface area contributed by atoms with Crippen molar-refractivity contribution in [1.29, 1.82) is 0 Å². The second-order valence-electron chi connectivity index (χ2n) is 6.16. The van der Waals surface area contributed by atoms with Gasteiger partial charge in [0.15, 0.2) is 6.61 Å². The number of alkyl halides is 3. The van der Waals surface area contributed by atoms with Gasteiger partial charge in [0.2, 0.25) is 0 Å². The molecule has 0 aliphatic rings. The smallest absolute Gasteiger partial charge is 0.416 e. The summed E-state index contributed by atoms with van der Waals surface area (Å²) in [5.74, 6) is 0.527. The van der Waals surface area contributed by atoms with Crippen molar-refractivity contribution in [2.24, 2.45) is 0 Å². The van der Waals surface area contributed by atoms with Gasteiger partial charge >= 0.3 is 6.18 Å². The molecule has 0 radical (unpaired) electrons. The van der Waals surface area contributed by atoms with Crippen molar-refractivity contribution in [3.63, 3.8) is 0 Å². The molecule has 0 unspecified atom stereocenters. The number of hydrogen-bond acceptors (Lipinski definition) is 3. The van der Waals surface area contributed by atoms with E-state index in [0.717, 1.165) is 17.7 Å². The van der Waals surface area contributed by atoms with Crippen LogP contribution in [0.3, 0.4) is 0 Å². The first-order valence-electron chi connectivity index (χ1n) is 8.77. The Balaban J connectivity index is 1.48. The summed E-state index contributed by atoms with van der Waals surface area (Å²) in [5.41, 5.74) is 0.263. The average molecular weight is 401 g/mol. The predicted molar refractivity (Wildman–Crippen MR) is 103 cm³/mol. The first-order chi connectivity index (χ1) is 13.9. The van der Waals surface area contributed by atoms with Gasteiger partial charge in [0.05, 0.1) is 5.56 Å². The van der Waals surface area contributed by atoms with E-state index < -0.39 is 17.6 Å². The molecule has 0 aromatic heterocycles. The maximum absolute atomic E-state index is 12.7. The van der Waals surface area contributed by atoms with Crippen molar-refractivity contribution >= 4 is 11.6 Å². The molecule has 1 amide bonds. The van der Waals surface area contributed by atoms with E-state index in [-0.39, 0.29) is 12.3 Å². The van der Waals surface area contributed by atoms with Gasteiger partial charge in [-0.25, -0.2) is 0 Å². The zero-order chi connectivity index (χ0) is 20.7. The fraction of sp³-hybridized carbons (Fsp3) is 0.136. The Bertz CT molecular complexity index is 942. The van der Waals surface area contributed by atoms with Crippen molar-refractivity contribution in [2.75, 3.05) is 11.9 Å². The highest BCUT2D eigenvalue weighted by Gasteiger charge is 2.30. The SMILES string of the molecule is O=C(COc1ccc(OCc2ccccc2)cc1)Nc1cccc(C(F)(F)F)c1. The summed E-state index contributed by atoms with van der Waals surface area (Å²) in [6.45, 7) is 0.0981. The molecule has 0 spiro atoms. The number of rotatable bonds is 7. The van der Waals surface area contributed by atoms with Gasteiger partial charge in [0, 0.05) is 5.69 Å². The van der Waals surface area contributed by atoms with E-state index in [9.17, 15) is 18.0 Å². The molecular weight excluding hydrogens is 383 g/mol. The fourth-order valence-corrected chi connectivity index (χ4v) is 2.49. The zero-order valence-electron chi connectivity index (χ0n) is 15.3. The minimum atomic E-state index is -4.47. The van der Waals surface area contributed by atoms with Crippen LogP contribution in [0.5, 0.6) is 11.5 Å². The third-order valence-electron chi connectivity index (χ3n) is 3.92. The number of hydrogen-bond donors (Lipinski definition) is 1. The predicted octanol–water partition coefficient (Wildman–Crippen LogP) is 5.30. The number of anilines is 1. The van der Waals surface area contributed by atoms with Gasteiger partial charge in [-0.2, -0.15) is 13.2 Å². The molecule has 7 heteroatoms. The van der Waals surface area contributed by atoms with Gasteiger partial charge in [-0.3, -0.25) is 4.79 Å². The number of carbonyl (C=O) groups excluding carboxylic acids is 1. The van der Waals surface area contributed by atoms with E-state index in [4.69, 9.17) is 9.47 Å². The number of amides is 1. The van der Waals surface area contributed by atoms with Crippen LogP contribution in [0.15, 0.2) is 78.9 Å². The van der Waals surface area contributed by atoms with Crippen LogP contribution in [-0.4, -0.2) is 12.5 Å². The molecule has 0 aliphatic carbocycles. The maximum Gasteiger partial charge on any atom is 0.416 e. The summed E-state index contributed by atoms with van der Waals surface area (Å²) in [6, 6.07) is 20.9. The standard InChI is InChI=1S/C22H18F3NO3/c23-22(24,25)17-7-4-8-18(13-17)26-21(27)15-29-20-11-9-19(10-12-20)28-14-16-5-2-1-3-6-16/h1-13H,14-15H2,(H,26,27). The third-order valence-corrected chi connectivity index (χ3v) is 3.92. The summed E-state index contributed by atoms with van der Waals surface area (Å²) < 4.78 is 49.2. The van der Waals surface area contributed by atoms with Gasteiger partial charge in [-0.1, -0.05) is 36.4 Å².